The molecule has 8 heteroatoms. The molecule has 1 atom stereocenters. The van der Waals surface area contributed by atoms with Crippen molar-refractivity contribution >= 4 is 0 Å². The van der Waals surface area contributed by atoms with Gasteiger partial charge in [-0.15, -0.1) is 20.4 Å². The lowest BCUT2D eigenvalue weighted by Gasteiger charge is -2.11. The fourth-order valence-electron chi connectivity index (χ4n) is 4.90. The first kappa shape index (κ1) is 25.3. The molecule has 0 spiro atoms. The molecule has 0 bridgehead atoms. The molecule has 0 aliphatic carbocycles. The maximum absolute atomic E-state index is 4.75. The van der Waals surface area contributed by atoms with Crippen LogP contribution in [0.25, 0.3) is 45.0 Å². The van der Waals surface area contributed by atoms with Gasteiger partial charge >= 0.3 is 0 Å². The zero-order valence-corrected chi connectivity index (χ0v) is 22.6. The van der Waals surface area contributed by atoms with Crippen molar-refractivity contribution in [3.63, 3.8) is 0 Å². The second kappa shape index (κ2) is 11.4. The molecule has 2 aromatic heterocycles. The first-order valence-corrected chi connectivity index (χ1v) is 13.6. The Labute approximate surface area is 233 Å². The van der Waals surface area contributed by atoms with Crippen LogP contribution in [0, 0.1) is 5.92 Å². The third kappa shape index (κ3) is 5.42. The minimum Gasteiger partial charge on any atom is -0.177 e. The van der Waals surface area contributed by atoms with E-state index in [4.69, 9.17) is 5.10 Å². The quantitative estimate of drug-likeness (QED) is 0.231. The van der Waals surface area contributed by atoms with Gasteiger partial charge in [-0.2, -0.15) is 10.0 Å². The van der Waals surface area contributed by atoms with Gasteiger partial charge in [0.25, 0.3) is 0 Å². The Hall–Kier alpha value is -4.98. The maximum atomic E-state index is 4.75. The molecule has 0 fully saturated rings. The van der Waals surface area contributed by atoms with E-state index >= 15 is 0 Å². The lowest BCUT2D eigenvalue weighted by atomic mass is 9.95. The standard InChI is InChI=1S/C32H30N8/c1-3-22(2)19-23-13-16-26(17-14-23)27-11-7-8-12-29(27)32-35-39-40(36-32)21-24-15-18-28(25-9-5-4-6-10-25)30(20-24)31-33-37-38-34-31/h4-18,20,22H,3,19,21H2,1-2H3,(H,33,34,37,38). The third-order valence-electron chi connectivity index (χ3n) is 7.25. The largest absolute Gasteiger partial charge is 0.205 e. The number of nitrogens with one attached hydrogen (secondary N) is 1. The van der Waals surface area contributed by atoms with E-state index < -0.39 is 0 Å². The van der Waals surface area contributed by atoms with Crippen LogP contribution in [-0.4, -0.2) is 40.8 Å². The SMILES string of the molecule is CCC(C)Cc1ccc(-c2ccccc2-c2nnn(Cc3ccc(-c4ccccc4)c(-c4nn[nH]n4)c3)n2)cc1. The summed E-state index contributed by atoms with van der Waals surface area (Å²) in [5.41, 5.74) is 8.55. The second-order valence-electron chi connectivity index (χ2n) is 10.1. The number of hydrogen-bond acceptors (Lipinski definition) is 6. The topological polar surface area (TPSA) is 98.1 Å². The lowest BCUT2D eigenvalue weighted by molar-refractivity contribution is 0.560. The summed E-state index contributed by atoms with van der Waals surface area (Å²) in [5, 5.41) is 28.3. The van der Waals surface area contributed by atoms with E-state index in [-0.39, 0.29) is 0 Å². The van der Waals surface area contributed by atoms with Crippen LogP contribution in [-0.2, 0) is 13.0 Å². The van der Waals surface area contributed by atoms with Crippen molar-refractivity contribution in [3.8, 4) is 45.0 Å². The molecule has 8 nitrogen and oxygen atoms in total. The van der Waals surface area contributed by atoms with Gasteiger partial charge in [0.05, 0.1) is 6.54 Å². The van der Waals surface area contributed by atoms with E-state index in [1.165, 1.54) is 12.0 Å². The van der Waals surface area contributed by atoms with Crippen LogP contribution in [0.5, 0.6) is 0 Å². The molecule has 0 radical (unpaired) electrons. The molecular weight excluding hydrogens is 496 g/mol. The summed E-state index contributed by atoms with van der Waals surface area (Å²) in [6.45, 7) is 4.99. The van der Waals surface area contributed by atoms with E-state index in [0.717, 1.165) is 45.4 Å². The van der Waals surface area contributed by atoms with Gasteiger partial charge in [0.1, 0.15) is 0 Å². The zero-order chi connectivity index (χ0) is 27.3. The molecule has 0 saturated heterocycles. The summed E-state index contributed by atoms with van der Waals surface area (Å²) in [6.07, 6.45) is 2.27. The highest BCUT2D eigenvalue weighted by Gasteiger charge is 2.15. The number of H-pyrrole nitrogens is 1. The molecule has 0 aliphatic heterocycles. The molecule has 0 amide bonds. The Morgan fingerprint density at radius 1 is 0.700 bits per heavy atom. The molecule has 1 unspecified atom stereocenters. The van der Waals surface area contributed by atoms with Gasteiger partial charge in [0.2, 0.25) is 11.6 Å². The van der Waals surface area contributed by atoms with Crippen molar-refractivity contribution in [2.45, 2.75) is 33.2 Å². The van der Waals surface area contributed by atoms with Gasteiger partial charge in [-0.05, 0) is 62.2 Å². The Kier molecular flexibility index (Phi) is 7.22. The van der Waals surface area contributed by atoms with Crippen molar-refractivity contribution in [1.29, 1.82) is 0 Å². The third-order valence-corrected chi connectivity index (χ3v) is 7.25. The monoisotopic (exact) mass is 526 g/mol. The molecule has 6 aromatic rings. The number of aromatic amines is 1. The fourth-order valence-corrected chi connectivity index (χ4v) is 4.90. The molecule has 6 rings (SSSR count). The van der Waals surface area contributed by atoms with E-state index in [1.807, 2.05) is 36.4 Å². The van der Waals surface area contributed by atoms with Crippen LogP contribution in [0.3, 0.4) is 0 Å². The lowest BCUT2D eigenvalue weighted by Crippen LogP contribution is -2.04. The van der Waals surface area contributed by atoms with Gasteiger partial charge in [0, 0.05) is 11.1 Å². The van der Waals surface area contributed by atoms with Gasteiger partial charge in [-0.25, -0.2) is 0 Å². The van der Waals surface area contributed by atoms with Crippen molar-refractivity contribution in [2.24, 2.45) is 5.92 Å². The summed E-state index contributed by atoms with van der Waals surface area (Å²) < 4.78 is 0. The van der Waals surface area contributed by atoms with Crippen molar-refractivity contribution in [2.75, 3.05) is 0 Å². The van der Waals surface area contributed by atoms with Crippen molar-refractivity contribution < 1.29 is 0 Å². The van der Waals surface area contributed by atoms with Crippen molar-refractivity contribution in [3.05, 3.63) is 108 Å². The van der Waals surface area contributed by atoms with Gasteiger partial charge < -0.3 is 0 Å². The average molecular weight is 527 g/mol. The Bertz CT molecular complexity index is 1690. The fraction of sp³-hybridized carbons (Fsp3) is 0.188. The first-order valence-electron chi connectivity index (χ1n) is 13.6. The summed E-state index contributed by atoms with van der Waals surface area (Å²) in [7, 11) is 0. The highest BCUT2D eigenvalue weighted by Crippen LogP contribution is 2.32. The molecule has 4 aromatic carbocycles. The predicted octanol–water partition coefficient (Wildman–Crippen LogP) is 6.49. The van der Waals surface area contributed by atoms with Crippen LogP contribution >= 0.6 is 0 Å². The number of rotatable bonds is 9. The smallest absolute Gasteiger partial charge is 0.177 e. The molecule has 2 heterocycles. The van der Waals surface area contributed by atoms with E-state index in [2.05, 4.69) is 105 Å². The summed E-state index contributed by atoms with van der Waals surface area (Å²) in [5.74, 6) is 1.81. The first-order chi connectivity index (χ1) is 19.7. The zero-order valence-electron chi connectivity index (χ0n) is 22.6. The van der Waals surface area contributed by atoms with E-state index in [1.54, 1.807) is 4.80 Å². The molecule has 0 saturated carbocycles. The van der Waals surface area contributed by atoms with E-state index in [0.29, 0.717) is 24.1 Å². The Balaban J connectivity index is 1.27. The number of hydrogen-bond donors (Lipinski definition) is 1. The number of benzene rings is 4. The Morgan fingerprint density at radius 3 is 2.15 bits per heavy atom. The summed E-state index contributed by atoms with van der Waals surface area (Å²) in [4.78, 5) is 1.62. The molecule has 0 aliphatic rings. The van der Waals surface area contributed by atoms with Crippen LogP contribution in [0.1, 0.15) is 31.4 Å². The maximum Gasteiger partial charge on any atom is 0.205 e. The average Bonchev–Trinajstić information content (AvgIpc) is 3.71. The number of aromatic nitrogens is 8. The van der Waals surface area contributed by atoms with Gasteiger partial charge in [-0.1, -0.05) is 111 Å². The van der Waals surface area contributed by atoms with Crippen LogP contribution in [0.4, 0.5) is 0 Å². The van der Waals surface area contributed by atoms with Crippen LogP contribution < -0.4 is 0 Å². The molecule has 198 valence electrons. The second-order valence-corrected chi connectivity index (χ2v) is 10.1. The normalized spacial score (nSPS) is 11.9. The molecular formula is C32H30N8. The highest BCUT2D eigenvalue weighted by atomic mass is 15.6. The summed E-state index contributed by atoms with van der Waals surface area (Å²) >= 11 is 0. The Morgan fingerprint density at radius 2 is 1.40 bits per heavy atom. The summed E-state index contributed by atoms with van der Waals surface area (Å²) in [6, 6.07) is 33.4. The van der Waals surface area contributed by atoms with Gasteiger partial charge in [-0.3, -0.25) is 0 Å². The highest BCUT2D eigenvalue weighted by molar-refractivity contribution is 5.81. The number of nitrogens with zero attached hydrogens (tertiary/aromatic N) is 7. The minimum absolute atomic E-state index is 0.458. The van der Waals surface area contributed by atoms with Crippen molar-refractivity contribution in [1.82, 2.24) is 40.8 Å². The van der Waals surface area contributed by atoms with E-state index in [9.17, 15) is 0 Å². The van der Waals surface area contributed by atoms with Crippen LogP contribution in [0.15, 0.2) is 97.1 Å². The molecule has 40 heavy (non-hydrogen) atoms. The molecule has 1 N–H and O–H groups in total. The number of tetrazole rings is 2. The minimum atomic E-state index is 0.458. The van der Waals surface area contributed by atoms with Crippen LogP contribution in [0.2, 0.25) is 0 Å². The predicted molar refractivity (Wildman–Crippen MR) is 156 cm³/mol. The van der Waals surface area contributed by atoms with Gasteiger partial charge in [0.15, 0.2) is 0 Å².